The van der Waals surface area contributed by atoms with Crippen molar-refractivity contribution in [2.75, 3.05) is 76.3 Å². The number of nitrogens with zero attached hydrogens (tertiary/aromatic N) is 5. The maximum atomic E-state index is 12.3. The molecule has 1 aromatic heterocycles. The van der Waals surface area contributed by atoms with Crippen LogP contribution in [0.5, 0.6) is 0 Å². The Morgan fingerprint density at radius 3 is 2.50 bits per heavy atom. The number of hydrogen-bond donors (Lipinski definition) is 2. The number of ether oxygens (including phenoxy) is 1. The summed E-state index contributed by atoms with van der Waals surface area (Å²) in [6.07, 6.45) is 0. The van der Waals surface area contributed by atoms with Crippen LogP contribution in [-0.2, 0) is 9.53 Å². The topological polar surface area (TPSA) is 111 Å². The Morgan fingerprint density at radius 1 is 1.15 bits per heavy atom. The molecule has 10 nitrogen and oxygen atoms in total. The van der Waals surface area contributed by atoms with E-state index < -0.39 is 5.97 Å². The van der Waals surface area contributed by atoms with Gasteiger partial charge in [-0.05, 0) is 7.05 Å². The van der Waals surface area contributed by atoms with Crippen molar-refractivity contribution in [3.05, 3.63) is 11.8 Å². The van der Waals surface area contributed by atoms with Crippen LogP contribution in [0.3, 0.4) is 0 Å². The molecule has 0 aliphatic carbocycles. The number of amides is 1. The number of carbonyl (C=O) groups excluding carboxylic acids is 1. The van der Waals surface area contributed by atoms with E-state index in [9.17, 15) is 14.7 Å². The van der Waals surface area contributed by atoms with Crippen molar-refractivity contribution >= 4 is 23.6 Å². The highest BCUT2D eigenvalue weighted by Crippen LogP contribution is 2.15. The lowest BCUT2D eigenvalue weighted by Gasteiger charge is -2.32. The summed E-state index contributed by atoms with van der Waals surface area (Å²) in [4.78, 5) is 38.0. The van der Waals surface area contributed by atoms with E-state index in [-0.39, 0.29) is 18.1 Å². The Bertz CT molecular complexity index is 656. The molecule has 1 amide bonds. The number of aromatic nitrogens is 2. The van der Waals surface area contributed by atoms with Gasteiger partial charge in [0.1, 0.15) is 5.82 Å². The zero-order valence-electron chi connectivity index (χ0n) is 14.8. The van der Waals surface area contributed by atoms with Gasteiger partial charge >= 0.3 is 5.97 Å². The van der Waals surface area contributed by atoms with Gasteiger partial charge in [0.25, 0.3) is 0 Å². The SMILES string of the molecule is CN1CCN(C(=O)CNc2cc(C(=O)O)nc(N3CCOCC3)n2)CC1. The number of morpholine rings is 1. The van der Waals surface area contributed by atoms with Gasteiger partial charge in [-0.15, -0.1) is 0 Å². The largest absolute Gasteiger partial charge is 0.477 e. The molecule has 26 heavy (non-hydrogen) atoms. The fourth-order valence-corrected chi connectivity index (χ4v) is 2.87. The Morgan fingerprint density at radius 2 is 1.85 bits per heavy atom. The third-order valence-corrected chi connectivity index (χ3v) is 4.50. The van der Waals surface area contributed by atoms with E-state index >= 15 is 0 Å². The van der Waals surface area contributed by atoms with E-state index in [0.29, 0.717) is 51.2 Å². The number of hydrogen-bond acceptors (Lipinski definition) is 8. The fraction of sp³-hybridized carbons (Fsp3) is 0.625. The summed E-state index contributed by atoms with van der Waals surface area (Å²) in [6.45, 7) is 5.46. The van der Waals surface area contributed by atoms with Crippen molar-refractivity contribution in [2.24, 2.45) is 0 Å². The number of carboxylic acids is 1. The highest BCUT2D eigenvalue weighted by Gasteiger charge is 2.20. The molecule has 142 valence electrons. The summed E-state index contributed by atoms with van der Waals surface area (Å²) in [5, 5.41) is 12.2. The van der Waals surface area contributed by atoms with Crippen LogP contribution in [0.1, 0.15) is 10.5 Å². The Kier molecular flexibility index (Phi) is 5.84. The fourth-order valence-electron chi connectivity index (χ4n) is 2.87. The van der Waals surface area contributed by atoms with E-state index in [1.807, 2.05) is 11.9 Å². The smallest absolute Gasteiger partial charge is 0.354 e. The molecule has 1 aromatic rings. The molecule has 0 saturated carbocycles. The molecule has 2 saturated heterocycles. The normalized spacial score (nSPS) is 18.7. The van der Waals surface area contributed by atoms with Crippen LogP contribution >= 0.6 is 0 Å². The molecule has 3 rings (SSSR count). The highest BCUT2D eigenvalue weighted by molar-refractivity contribution is 5.87. The first-order valence-electron chi connectivity index (χ1n) is 8.68. The molecule has 0 atom stereocenters. The van der Waals surface area contributed by atoms with Crippen LogP contribution in [0.15, 0.2) is 6.07 Å². The monoisotopic (exact) mass is 364 g/mol. The summed E-state index contributed by atoms with van der Waals surface area (Å²) in [6, 6.07) is 1.35. The first-order chi connectivity index (χ1) is 12.5. The van der Waals surface area contributed by atoms with E-state index in [4.69, 9.17) is 4.74 Å². The molecule has 0 unspecified atom stereocenters. The first-order valence-corrected chi connectivity index (χ1v) is 8.68. The molecule has 2 aliphatic heterocycles. The lowest BCUT2D eigenvalue weighted by molar-refractivity contribution is -0.130. The van der Waals surface area contributed by atoms with Gasteiger partial charge in [-0.2, -0.15) is 4.98 Å². The van der Waals surface area contributed by atoms with Gasteiger partial charge in [-0.3, -0.25) is 4.79 Å². The molecule has 0 aromatic carbocycles. The van der Waals surface area contributed by atoms with Crippen molar-refractivity contribution < 1.29 is 19.4 Å². The van der Waals surface area contributed by atoms with Crippen LogP contribution in [0.25, 0.3) is 0 Å². The van der Waals surface area contributed by atoms with Crippen molar-refractivity contribution in [3.63, 3.8) is 0 Å². The second kappa shape index (κ2) is 8.28. The van der Waals surface area contributed by atoms with Crippen LogP contribution < -0.4 is 10.2 Å². The second-order valence-corrected chi connectivity index (χ2v) is 6.38. The Labute approximate surface area is 151 Å². The quantitative estimate of drug-likeness (QED) is 0.693. The van der Waals surface area contributed by atoms with Gasteiger partial charge in [0, 0.05) is 45.3 Å². The number of nitrogens with one attached hydrogen (secondary N) is 1. The van der Waals surface area contributed by atoms with Crippen molar-refractivity contribution in [2.45, 2.75) is 0 Å². The Balaban J connectivity index is 1.67. The lowest BCUT2D eigenvalue weighted by atomic mass is 10.3. The van der Waals surface area contributed by atoms with Crippen LogP contribution in [-0.4, -0.2) is 103 Å². The summed E-state index contributed by atoms with van der Waals surface area (Å²) < 4.78 is 5.30. The Hall–Kier alpha value is -2.46. The minimum absolute atomic E-state index is 0.0264. The van der Waals surface area contributed by atoms with Gasteiger partial charge in [0.15, 0.2) is 5.69 Å². The average Bonchev–Trinajstić information content (AvgIpc) is 2.67. The third-order valence-electron chi connectivity index (χ3n) is 4.50. The maximum Gasteiger partial charge on any atom is 0.354 e. The van der Waals surface area contributed by atoms with Gasteiger partial charge in [0.2, 0.25) is 11.9 Å². The first kappa shape index (κ1) is 18.3. The predicted octanol–water partition coefficient (Wildman–Crippen LogP) is -0.803. The summed E-state index contributed by atoms with van der Waals surface area (Å²) in [5.41, 5.74) is -0.101. The number of carbonyl (C=O) groups is 2. The molecule has 2 aliphatic rings. The molecule has 0 bridgehead atoms. The third kappa shape index (κ3) is 4.58. The number of anilines is 2. The van der Waals surface area contributed by atoms with Crippen molar-refractivity contribution in [3.8, 4) is 0 Å². The van der Waals surface area contributed by atoms with E-state index in [0.717, 1.165) is 13.1 Å². The molecular weight excluding hydrogens is 340 g/mol. The van der Waals surface area contributed by atoms with E-state index in [1.54, 1.807) is 4.90 Å². The van der Waals surface area contributed by atoms with Crippen molar-refractivity contribution in [1.82, 2.24) is 19.8 Å². The van der Waals surface area contributed by atoms with E-state index in [2.05, 4.69) is 20.2 Å². The van der Waals surface area contributed by atoms with Crippen LogP contribution in [0.4, 0.5) is 11.8 Å². The van der Waals surface area contributed by atoms with Crippen molar-refractivity contribution in [1.29, 1.82) is 0 Å². The predicted molar refractivity (Wildman–Crippen MR) is 94.6 cm³/mol. The maximum absolute atomic E-state index is 12.3. The average molecular weight is 364 g/mol. The lowest BCUT2D eigenvalue weighted by Crippen LogP contribution is -2.48. The minimum Gasteiger partial charge on any atom is -0.477 e. The molecule has 3 heterocycles. The van der Waals surface area contributed by atoms with Gasteiger partial charge in [0.05, 0.1) is 19.8 Å². The van der Waals surface area contributed by atoms with Gasteiger partial charge in [-0.1, -0.05) is 0 Å². The number of likely N-dealkylation sites (N-methyl/N-ethyl adjacent to an activating group) is 1. The number of carboxylic acid groups (broad SMARTS) is 1. The number of piperazine rings is 1. The summed E-state index contributed by atoms with van der Waals surface area (Å²) in [7, 11) is 2.03. The van der Waals surface area contributed by atoms with Gasteiger partial charge in [-0.25, -0.2) is 9.78 Å². The van der Waals surface area contributed by atoms with Crippen LogP contribution in [0, 0.1) is 0 Å². The number of rotatable bonds is 5. The standard InChI is InChI=1S/C16H24N6O4/c1-20-2-4-21(5-3-20)14(23)11-17-13-10-12(15(24)25)18-16(19-13)22-6-8-26-9-7-22/h10H,2-9,11H2,1H3,(H,24,25)(H,17,18,19). The molecule has 10 heteroatoms. The van der Waals surface area contributed by atoms with Gasteiger partial charge < -0.3 is 29.9 Å². The van der Waals surface area contributed by atoms with Crippen LogP contribution in [0.2, 0.25) is 0 Å². The highest BCUT2D eigenvalue weighted by atomic mass is 16.5. The zero-order valence-corrected chi connectivity index (χ0v) is 14.8. The molecule has 0 radical (unpaired) electrons. The molecule has 2 fully saturated rings. The molecule has 2 N–H and O–H groups in total. The minimum atomic E-state index is -1.13. The van der Waals surface area contributed by atoms with E-state index in [1.165, 1.54) is 6.07 Å². The summed E-state index contributed by atoms with van der Waals surface area (Å²) in [5.74, 6) is -0.485. The number of aromatic carboxylic acids is 1. The summed E-state index contributed by atoms with van der Waals surface area (Å²) >= 11 is 0. The molecule has 0 spiro atoms. The molecular formula is C16H24N6O4. The zero-order chi connectivity index (χ0) is 18.5. The second-order valence-electron chi connectivity index (χ2n) is 6.38.